The van der Waals surface area contributed by atoms with Gasteiger partial charge in [-0.1, -0.05) is 11.8 Å². The number of esters is 1. The lowest BCUT2D eigenvalue weighted by atomic mass is 9.95. The Morgan fingerprint density at radius 2 is 1.75 bits per heavy atom. The number of nitro benzene ring substituents is 1. The molecule has 0 saturated carbocycles. The number of benzene rings is 2. The number of ether oxygens (including phenoxy) is 3. The van der Waals surface area contributed by atoms with E-state index in [9.17, 15) is 24.5 Å². The number of nitro groups is 1. The molecule has 2 N–H and O–H groups in total. The molecule has 2 heterocycles. The summed E-state index contributed by atoms with van der Waals surface area (Å²) in [4.78, 5) is 51.4. The number of hydrogen-bond acceptors (Lipinski definition) is 12. The highest BCUT2D eigenvalue weighted by Gasteiger charge is 2.29. The molecule has 1 atom stereocenters. The number of rotatable bonds is 13. The van der Waals surface area contributed by atoms with E-state index in [2.05, 4.69) is 20.8 Å². The summed E-state index contributed by atoms with van der Waals surface area (Å²) in [5, 5.41) is 25.7. The van der Waals surface area contributed by atoms with Crippen LogP contribution < -0.4 is 20.1 Å². The molecule has 5 rings (SSSR count). The minimum atomic E-state index is -0.702. The van der Waals surface area contributed by atoms with Gasteiger partial charge in [0, 0.05) is 34.3 Å². The van der Waals surface area contributed by atoms with Crippen LogP contribution in [-0.2, 0) is 28.9 Å². The maximum absolute atomic E-state index is 13.5. The van der Waals surface area contributed by atoms with Crippen LogP contribution in [0.2, 0.25) is 0 Å². The Hall–Kier alpha value is -4.96. The van der Waals surface area contributed by atoms with Gasteiger partial charge in [0.15, 0.2) is 11.0 Å². The van der Waals surface area contributed by atoms with Gasteiger partial charge < -0.3 is 24.8 Å². The first-order valence-corrected chi connectivity index (χ1v) is 16.8. The summed E-state index contributed by atoms with van der Waals surface area (Å²) in [6.07, 6.45) is 3.58. The number of anilines is 1. The fraction of sp³-hybridized carbons (Fsp3) is 0.344. The third-order valence-corrected chi connectivity index (χ3v) is 9.83. The number of aromatic nitrogens is 3. The lowest BCUT2D eigenvalue weighted by molar-refractivity contribution is -0.384. The van der Waals surface area contributed by atoms with Crippen molar-refractivity contribution >= 4 is 51.6 Å². The lowest BCUT2D eigenvalue weighted by Crippen LogP contribution is -2.25. The molecule has 1 aliphatic rings. The van der Waals surface area contributed by atoms with Crippen LogP contribution in [0.25, 0.3) is 5.69 Å². The lowest BCUT2D eigenvalue weighted by Gasteiger charge is -2.15. The maximum Gasteiger partial charge on any atom is 0.341 e. The average molecular weight is 695 g/mol. The highest BCUT2D eigenvalue weighted by Crippen LogP contribution is 2.39. The van der Waals surface area contributed by atoms with Crippen LogP contribution in [0, 0.1) is 10.1 Å². The number of aryl methyl sites for hydroxylation is 1. The smallest absolute Gasteiger partial charge is 0.341 e. The van der Waals surface area contributed by atoms with E-state index in [1.54, 1.807) is 36.6 Å². The van der Waals surface area contributed by atoms with Crippen LogP contribution in [-0.4, -0.2) is 63.5 Å². The second-order valence-electron chi connectivity index (χ2n) is 10.7. The Bertz CT molecular complexity index is 1820. The summed E-state index contributed by atoms with van der Waals surface area (Å²) in [5.41, 5.74) is 2.04. The van der Waals surface area contributed by atoms with Gasteiger partial charge in [-0.3, -0.25) is 24.3 Å². The number of carbonyl (C=O) groups is 3. The van der Waals surface area contributed by atoms with Crippen LogP contribution in [0.1, 0.15) is 63.7 Å². The molecule has 252 valence electrons. The van der Waals surface area contributed by atoms with Gasteiger partial charge >= 0.3 is 5.97 Å². The summed E-state index contributed by atoms with van der Waals surface area (Å²) >= 11 is 2.51. The molecule has 48 heavy (non-hydrogen) atoms. The predicted molar refractivity (Wildman–Crippen MR) is 180 cm³/mol. The quantitative estimate of drug-likeness (QED) is 0.0797. The number of methoxy groups -OCH3 is 2. The van der Waals surface area contributed by atoms with Crippen molar-refractivity contribution in [2.75, 3.05) is 26.1 Å². The Balaban J connectivity index is 1.39. The van der Waals surface area contributed by atoms with E-state index >= 15 is 0 Å². The van der Waals surface area contributed by atoms with Gasteiger partial charge in [0.05, 0.1) is 43.1 Å². The fourth-order valence-corrected chi connectivity index (χ4v) is 7.34. The van der Waals surface area contributed by atoms with Crippen molar-refractivity contribution in [2.24, 2.45) is 0 Å². The molecule has 14 nitrogen and oxygen atoms in total. The molecule has 0 spiro atoms. The number of nitrogens with zero attached hydrogens (tertiary/aromatic N) is 4. The summed E-state index contributed by atoms with van der Waals surface area (Å²) in [6.45, 7) is 3.60. The standard InChI is InChI=1S/C32H34N6O8S2/c1-5-46-31(41)27-24-8-6-7-9-25(24)48-30(27)34-28(39)18(2)47-32-36-35-26(37(32)20-10-12-21(13-11-20)38(42)43)17-33-29(40)19-14-22(44-3)16-23(15-19)45-4/h10-16,18H,5-9,17H2,1-4H3,(H,33,40)(H,34,39)/t18-/m1/s1. The third kappa shape index (κ3) is 7.60. The van der Waals surface area contributed by atoms with Crippen molar-refractivity contribution in [3.8, 4) is 17.2 Å². The van der Waals surface area contributed by atoms with Crippen molar-refractivity contribution in [1.82, 2.24) is 20.1 Å². The number of hydrogen-bond donors (Lipinski definition) is 2. The molecule has 0 fully saturated rings. The molecule has 2 amide bonds. The molecule has 4 aromatic rings. The van der Waals surface area contributed by atoms with E-state index in [-0.39, 0.29) is 24.7 Å². The monoisotopic (exact) mass is 694 g/mol. The van der Waals surface area contributed by atoms with Crippen molar-refractivity contribution in [1.29, 1.82) is 0 Å². The van der Waals surface area contributed by atoms with Gasteiger partial charge in [-0.05, 0) is 69.4 Å². The Morgan fingerprint density at radius 3 is 2.40 bits per heavy atom. The normalized spacial score (nSPS) is 12.8. The number of fused-ring (bicyclic) bond motifs is 1. The molecule has 2 aromatic heterocycles. The summed E-state index contributed by atoms with van der Waals surface area (Å²) in [6, 6.07) is 10.6. The number of amides is 2. The zero-order valence-electron chi connectivity index (χ0n) is 26.7. The van der Waals surface area contributed by atoms with E-state index in [1.807, 2.05) is 0 Å². The Morgan fingerprint density at radius 1 is 1.06 bits per heavy atom. The topological polar surface area (TPSA) is 177 Å². The molecule has 0 bridgehead atoms. The second-order valence-corrected chi connectivity index (χ2v) is 13.1. The van der Waals surface area contributed by atoms with E-state index in [1.165, 1.54) is 49.8 Å². The predicted octanol–water partition coefficient (Wildman–Crippen LogP) is 5.36. The van der Waals surface area contributed by atoms with Crippen LogP contribution in [0.5, 0.6) is 11.5 Å². The summed E-state index contributed by atoms with van der Waals surface area (Å²) in [5.74, 6) is -0.0388. The van der Waals surface area contributed by atoms with Crippen LogP contribution >= 0.6 is 23.1 Å². The number of carbonyl (C=O) groups excluding carboxylic acids is 3. The minimum absolute atomic E-state index is 0.0624. The maximum atomic E-state index is 13.5. The van der Waals surface area contributed by atoms with Gasteiger partial charge in [0.2, 0.25) is 5.91 Å². The first-order valence-electron chi connectivity index (χ1n) is 15.1. The van der Waals surface area contributed by atoms with Gasteiger partial charge in [-0.15, -0.1) is 21.5 Å². The average Bonchev–Trinajstić information content (AvgIpc) is 3.67. The van der Waals surface area contributed by atoms with E-state index < -0.39 is 22.0 Å². The largest absolute Gasteiger partial charge is 0.497 e. The number of thiophene rings is 1. The highest BCUT2D eigenvalue weighted by molar-refractivity contribution is 8.00. The molecule has 1 aliphatic carbocycles. The number of non-ortho nitro benzene ring substituents is 1. The van der Waals surface area contributed by atoms with E-state index in [4.69, 9.17) is 14.2 Å². The van der Waals surface area contributed by atoms with Crippen molar-refractivity contribution in [3.05, 3.63) is 80.0 Å². The number of nitrogens with one attached hydrogen (secondary N) is 2. The van der Waals surface area contributed by atoms with Gasteiger partial charge in [-0.2, -0.15) is 0 Å². The molecule has 0 saturated heterocycles. The molecule has 0 aliphatic heterocycles. The molecule has 2 aromatic carbocycles. The fourth-order valence-electron chi connectivity index (χ4n) is 5.17. The van der Waals surface area contributed by atoms with Crippen molar-refractivity contribution < 1.29 is 33.5 Å². The first-order chi connectivity index (χ1) is 23.1. The Labute approximate surface area is 284 Å². The summed E-state index contributed by atoms with van der Waals surface area (Å²) < 4.78 is 17.5. The van der Waals surface area contributed by atoms with Crippen molar-refractivity contribution in [2.45, 2.75) is 56.5 Å². The number of thioether (sulfide) groups is 1. The van der Waals surface area contributed by atoms with Gasteiger partial charge in [0.25, 0.3) is 11.6 Å². The molecule has 16 heteroatoms. The van der Waals surface area contributed by atoms with Crippen molar-refractivity contribution in [3.63, 3.8) is 0 Å². The molecular formula is C32H34N6O8S2. The second kappa shape index (κ2) is 15.3. The molecule has 0 radical (unpaired) electrons. The van der Waals surface area contributed by atoms with Gasteiger partial charge in [0.1, 0.15) is 16.5 Å². The van der Waals surface area contributed by atoms with E-state index in [0.717, 1.165) is 47.9 Å². The van der Waals surface area contributed by atoms with Crippen LogP contribution in [0.15, 0.2) is 47.6 Å². The van der Waals surface area contributed by atoms with E-state index in [0.29, 0.717) is 44.3 Å². The minimum Gasteiger partial charge on any atom is -0.497 e. The first kappa shape index (κ1) is 34.4. The zero-order valence-corrected chi connectivity index (χ0v) is 28.4. The third-order valence-electron chi connectivity index (χ3n) is 7.58. The SMILES string of the molecule is CCOC(=O)c1c(NC(=O)[C@@H](C)Sc2nnc(CNC(=O)c3cc(OC)cc(OC)c3)n2-c2ccc([N+](=O)[O-])cc2)sc2c1CCCC2. The Kier molecular flexibility index (Phi) is 11.0. The highest BCUT2D eigenvalue weighted by atomic mass is 32.2. The van der Waals surface area contributed by atoms with Gasteiger partial charge in [-0.25, -0.2) is 4.79 Å². The summed E-state index contributed by atoms with van der Waals surface area (Å²) in [7, 11) is 2.97. The molecular weight excluding hydrogens is 661 g/mol. The zero-order chi connectivity index (χ0) is 34.4. The van der Waals surface area contributed by atoms with Crippen LogP contribution in [0.3, 0.4) is 0 Å². The van der Waals surface area contributed by atoms with Crippen LogP contribution in [0.4, 0.5) is 10.7 Å². The molecule has 0 unspecified atom stereocenters.